The number of hydrogen-bond acceptors (Lipinski definition) is 2. The molecule has 0 unspecified atom stereocenters. The molecule has 0 aliphatic rings. The van der Waals surface area contributed by atoms with Crippen LogP contribution in [-0.4, -0.2) is 22.8 Å². The molecule has 2 N–H and O–H groups in total. The number of aromatic nitrogens is 1. The number of benzene rings is 2. The molecule has 2 aromatic carbocycles. The largest absolute Gasteiger partial charge is 0.396 e. The van der Waals surface area contributed by atoms with Crippen molar-refractivity contribution < 1.29 is 5.11 Å². The Labute approximate surface area is 172 Å². The molecule has 0 spiro atoms. The van der Waals surface area contributed by atoms with Crippen molar-refractivity contribution in [3.05, 3.63) is 70.4 Å². The third-order valence-electron chi connectivity index (χ3n) is 4.96. The number of fused-ring (bicyclic) bond motifs is 1. The smallest absolute Gasteiger partial charge is 0.0493 e. The summed E-state index contributed by atoms with van der Waals surface area (Å²) in [5.41, 5.74) is 5.03. The molecule has 146 valence electrons. The van der Waals surface area contributed by atoms with Crippen LogP contribution < -0.4 is 5.32 Å². The van der Waals surface area contributed by atoms with E-state index in [1.54, 1.807) is 0 Å². The van der Waals surface area contributed by atoms with E-state index in [4.69, 9.17) is 16.7 Å². The second-order valence-electron chi connectivity index (χ2n) is 6.72. The van der Waals surface area contributed by atoms with E-state index in [1.165, 1.54) is 22.2 Å². The number of nitrogens with one attached hydrogen (secondary N) is 1. The third-order valence-corrected chi connectivity index (χ3v) is 5.33. The Hall–Kier alpha value is -1.52. The first-order valence-corrected chi connectivity index (χ1v) is 9.72. The maximum absolute atomic E-state index is 8.87. The average molecular weight is 407 g/mol. The van der Waals surface area contributed by atoms with Gasteiger partial charge in [0, 0.05) is 41.3 Å². The van der Waals surface area contributed by atoms with Gasteiger partial charge in [0.25, 0.3) is 0 Å². The lowest BCUT2D eigenvalue weighted by Gasteiger charge is -2.11. The summed E-state index contributed by atoms with van der Waals surface area (Å²) in [6, 6.07) is 16.6. The predicted octanol–water partition coefficient (Wildman–Crippen LogP) is 5.33. The molecule has 5 heteroatoms. The molecule has 1 heterocycles. The first kappa shape index (κ1) is 21.8. The Bertz CT molecular complexity index is 861. The number of para-hydroxylation sites is 1. The van der Waals surface area contributed by atoms with Crippen molar-refractivity contribution in [1.82, 2.24) is 9.88 Å². The fraction of sp³-hybridized carbons (Fsp3) is 0.364. The van der Waals surface area contributed by atoms with Crippen LogP contribution in [0.3, 0.4) is 0 Å². The van der Waals surface area contributed by atoms with E-state index in [9.17, 15) is 0 Å². The van der Waals surface area contributed by atoms with E-state index in [-0.39, 0.29) is 19.0 Å². The SMILES string of the molecule is Cc1c(CNCCCCCO)c2ccccc2n1Cc1ccccc1Cl.Cl. The Morgan fingerprint density at radius 1 is 1.00 bits per heavy atom. The molecule has 0 amide bonds. The number of nitrogens with zero attached hydrogens (tertiary/aromatic N) is 1. The summed E-state index contributed by atoms with van der Waals surface area (Å²) in [5.74, 6) is 0. The average Bonchev–Trinajstić information content (AvgIpc) is 2.92. The van der Waals surface area contributed by atoms with Gasteiger partial charge in [-0.3, -0.25) is 0 Å². The highest BCUT2D eigenvalue weighted by Crippen LogP contribution is 2.28. The Kier molecular flexibility index (Phi) is 8.65. The summed E-state index contributed by atoms with van der Waals surface area (Å²) < 4.78 is 2.36. The van der Waals surface area contributed by atoms with Crippen LogP contribution in [0, 0.1) is 6.92 Å². The molecule has 3 nitrogen and oxygen atoms in total. The second-order valence-corrected chi connectivity index (χ2v) is 7.13. The molecular weight excluding hydrogens is 379 g/mol. The zero-order valence-corrected chi connectivity index (χ0v) is 17.3. The molecule has 27 heavy (non-hydrogen) atoms. The minimum atomic E-state index is 0. The van der Waals surface area contributed by atoms with Crippen molar-refractivity contribution in [2.45, 2.75) is 39.3 Å². The van der Waals surface area contributed by atoms with Crippen molar-refractivity contribution in [3.63, 3.8) is 0 Å². The number of aliphatic hydroxyl groups is 1. The maximum atomic E-state index is 8.87. The van der Waals surface area contributed by atoms with Crippen LogP contribution in [0.25, 0.3) is 10.9 Å². The summed E-state index contributed by atoms with van der Waals surface area (Å²) in [6.45, 7) is 5.10. The van der Waals surface area contributed by atoms with Crippen molar-refractivity contribution in [2.24, 2.45) is 0 Å². The molecule has 0 aliphatic carbocycles. The van der Waals surface area contributed by atoms with Gasteiger partial charge in [-0.25, -0.2) is 0 Å². The van der Waals surface area contributed by atoms with Gasteiger partial charge >= 0.3 is 0 Å². The highest BCUT2D eigenvalue weighted by atomic mass is 35.5. The number of aliphatic hydroxyl groups excluding tert-OH is 1. The topological polar surface area (TPSA) is 37.2 Å². The minimum absolute atomic E-state index is 0. The molecular formula is C22H28Cl2N2O. The van der Waals surface area contributed by atoms with Gasteiger partial charge < -0.3 is 15.0 Å². The fourth-order valence-corrected chi connectivity index (χ4v) is 3.67. The van der Waals surface area contributed by atoms with E-state index in [0.29, 0.717) is 0 Å². The standard InChI is InChI=1S/C22H27ClN2O.ClH/c1-17-20(15-24-13-7-2-8-14-26)19-10-4-6-12-22(19)25(17)16-18-9-3-5-11-21(18)23;/h3-6,9-12,24,26H,2,7-8,13-16H2,1H3;1H. The minimum Gasteiger partial charge on any atom is -0.396 e. The fourth-order valence-electron chi connectivity index (χ4n) is 3.48. The molecule has 3 aromatic rings. The van der Waals surface area contributed by atoms with E-state index in [2.05, 4.69) is 47.1 Å². The molecule has 0 aliphatic heterocycles. The first-order chi connectivity index (χ1) is 12.7. The number of rotatable bonds is 9. The first-order valence-electron chi connectivity index (χ1n) is 9.34. The van der Waals surface area contributed by atoms with Crippen molar-refractivity contribution >= 4 is 34.9 Å². The normalized spacial score (nSPS) is 10.9. The van der Waals surface area contributed by atoms with Gasteiger partial charge in [0.05, 0.1) is 0 Å². The molecule has 0 saturated heterocycles. The summed E-state index contributed by atoms with van der Waals surface area (Å²) in [6.07, 6.45) is 3.05. The highest BCUT2D eigenvalue weighted by Gasteiger charge is 2.14. The Morgan fingerprint density at radius 3 is 2.52 bits per heavy atom. The van der Waals surface area contributed by atoms with Gasteiger partial charge in [-0.1, -0.05) is 48.0 Å². The van der Waals surface area contributed by atoms with Crippen molar-refractivity contribution in [3.8, 4) is 0 Å². The zero-order valence-electron chi connectivity index (χ0n) is 15.7. The van der Waals surface area contributed by atoms with Crippen LogP contribution in [0.2, 0.25) is 5.02 Å². The molecule has 3 rings (SSSR count). The van der Waals surface area contributed by atoms with Crippen molar-refractivity contribution in [1.29, 1.82) is 0 Å². The quantitative estimate of drug-likeness (QED) is 0.471. The molecule has 0 fully saturated rings. The van der Waals surface area contributed by atoms with Gasteiger partial charge in [-0.05, 0) is 56.0 Å². The van der Waals surface area contributed by atoms with Crippen molar-refractivity contribution in [2.75, 3.05) is 13.2 Å². The Morgan fingerprint density at radius 2 is 1.74 bits per heavy atom. The van der Waals surface area contributed by atoms with Gasteiger partial charge in [0.1, 0.15) is 0 Å². The lowest BCUT2D eigenvalue weighted by Crippen LogP contribution is -2.15. The van der Waals surface area contributed by atoms with E-state index in [1.807, 2.05) is 18.2 Å². The lowest BCUT2D eigenvalue weighted by atomic mass is 10.1. The van der Waals surface area contributed by atoms with Crippen LogP contribution in [0.15, 0.2) is 48.5 Å². The summed E-state index contributed by atoms with van der Waals surface area (Å²) in [5, 5.41) is 14.5. The van der Waals surface area contributed by atoms with Crippen LogP contribution in [0.4, 0.5) is 0 Å². The number of unbranched alkanes of at least 4 members (excludes halogenated alkanes) is 2. The molecule has 1 aromatic heterocycles. The molecule has 0 bridgehead atoms. The number of hydrogen-bond donors (Lipinski definition) is 2. The molecule has 0 radical (unpaired) electrons. The van der Waals surface area contributed by atoms with Gasteiger partial charge in [0.15, 0.2) is 0 Å². The second kappa shape index (κ2) is 10.7. The van der Waals surface area contributed by atoms with Crippen LogP contribution in [0.5, 0.6) is 0 Å². The Balaban J connectivity index is 0.00000261. The van der Waals surface area contributed by atoms with Gasteiger partial charge in [-0.15, -0.1) is 12.4 Å². The van der Waals surface area contributed by atoms with E-state index >= 15 is 0 Å². The van der Waals surface area contributed by atoms with Crippen LogP contribution in [-0.2, 0) is 13.1 Å². The zero-order chi connectivity index (χ0) is 18.4. The van der Waals surface area contributed by atoms with E-state index in [0.717, 1.165) is 49.5 Å². The summed E-state index contributed by atoms with van der Waals surface area (Å²) in [7, 11) is 0. The third kappa shape index (κ3) is 5.26. The van der Waals surface area contributed by atoms with Gasteiger partial charge in [-0.2, -0.15) is 0 Å². The van der Waals surface area contributed by atoms with Crippen LogP contribution >= 0.6 is 24.0 Å². The predicted molar refractivity (Wildman–Crippen MR) is 117 cm³/mol. The molecule has 0 atom stereocenters. The summed E-state index contributed by atoms with van der Waals surface area (Å²) in [4.78, 5) is 0. The number of halogens is 2. The molecule has 0 saturated carbocycles. The maximum Gasteiger partial charge on any atom is 0.0493 e. The highest BCUT2D eigenvalue weighted by molar-refractivity contribution is 6.31. The lowest BCUT2D eigenvalue weighted by molar-refractivity contribution is 0.283. The summed E-state index contributed by atoms with van der Waals surface area (Å²) >= 11 is 6.39. The van der Waals surface area contributed by atoms with Gasteiger partial charge in [0.2, 0.25) is 0 Å². The van der Waals surface area contributed by atoms with Crippen LogP contribution in [0.1, 0.15) is 36.1 Å². The van der Waals surface area contributed by atoms with E-state index < -0.39 is 0 Å². The monoisotopic (exact) mass is 406 g/mol.